The van der Waals surface area contributed by atoms with Crippen LogP contribution in [0.25, 0.3) is 10.4 Å². The standard InChI is InChI=1S/C16H12Cl2N2O2S2/c17-13-3-4-14(18)16(7-13)24(21,22)20-9-11-6-12(10-19-8-11)15-2-1-5-23-15/h1-8,10,20H,9H2. The minimum atomic E-state index is -3.77. The number of aromatic nitrogens is 1. The fourth-order valence-corrected chi connectivity index (χ4v) is 4.59. The van der Waals surface area contributed by atoms with Crippen LogP contribution in [-0.4, -0.2) is 13.4 Å². The molecule has 0 fully saturated rings. The Morgan fingerprint density at radius 3 is 2.71 bits per heavy atom. The molecular weight excluding hydrogens is 387 g/mol. The number of hydrogen-bond acceptors (Lipinski definition) is 4. The maximum atomic E-state index is 12.4. The molecule has 8 heteroatoms. The summed E-state index contributed by atoms with van der Waals surface area (Å²) >= 11 is 13.4. The third-order valence-corrected chi connectivity index (χ3v) is 6.29. The molecule has 0 aliphatic rings. The summed E-state index contributed by atoms with van der Waals surface area (Å²) in [5.74, 6) is 0. The maximum absolute atomic E-state index is 12.4. The number of nitrogens with one attached hydrogen (secondary N) is 1. The first-order chi connectivity index (χ1) is 11.5. The molecule has 0 radical (unpaired) electrons. The van der Waals surface area contributed by atoms with Gasteiger partial charge < -0.3 is 0 Å². The minimum Gasteiger partial charge on any atom is -0.264 e. The van der Waals surface area contributed by atoms with Crippen LogP contribution in [0, 0.1) is 0 Å². The number of benzene rings is 1. The number of halogens is 2. The zero-order valence-corrected chi connectivity index (χ0v) is 15.4. The summed E-state index contributed by atoms with van der Waals surface area (Å²) in [5, 5.41) is 2.41. The summed E-state index contributed by atoms with van der Waals surface area (Å²) in [6.07, 6.45) is 3.37. The number of sulfonamides is 1. The monoisotopic (exact) mass is 398 g/mol. The molecule has 3 rings (SSSR count). The van der Waals surface area contributed by atoms with Gasteiger partial charge >= 0.3 is 0 Å². The zero-order chi connectivity index (χ0) is 17.2. The normalized spacial score (nSPS) is 11.6. The van der Waals surface area contributed by atoms with Crippen LogP contribution < -0.4 is 4.72 Å². The largest absolute Gasteiger partial charge is 0.264 e. The van der Waals surface area contributed by atoms with Crippen molar-refractivity contribution in [2.24, 2.45) is 0 Å². The molecule has 2 aromatic heterocycles. The molecule has 0 bridgehead atoms. The summed E-state index contributed by atoms with van der Waals surface area (Å²) in [4.78, 5) is 5.20. The van der Waals surface area contributed by atoms with Gasteiger partial charge in [-0.1, -0.05) is 29.3 Å². The highest BCUT2D eigenvalue weighted by Gasteiger charge is 2.18. The molecule has 4 nitrogen and oxygen atoms in total. The van der Waals surface area contributed by atoms with Gasteiger partial charge in [0.15, 0.2) is 0 Å². The van der Waals surface area contributed by atoms with Crippen LogP contribution in [0.2, 0.25) is 10.0 Å². The van der Waals surface area contributed by atoms with Crippen LogP contribution >= 0.6 is 34.5 Å². The lowest BCUT2D eigenvalue weighted by molar-refractivity contribution is 0.581. The van der Waals surface area contributed by atoms with Crippen molar-refractivity contribution in [1.29, 1.82) is 0 Å². The molecule has 1 N–H and O–H groups in total. The predicted molar refractivity (Wildman–Crippen MR) is 98.0 cm³/mol. The first-order valence-corrected chi connectivity index (χ1v) is 10.00. The first kappa shape index (κ1) is 17.4. The van der Waals surface area contributed by atoms with Crippen LogP contribution in [0.1, 0.15) is 5.56 Å². The summed E-state index contributed by atoms with van der Waals surface area (Å²) in [5.41, 5.74) is 1.70. The van der Waals surface area contributed by atoms with E-state index in [0.29, 0.717) is 5.02 Å². The van der Waals surface area contributed by atoms with Gasteiger partial charge in [-0.25, -0.2) is 13.1 Å². The average Bonchev–Trinajstić information content (AvgIpc) is 3.10. The molecule has 0 saturated heterocycles. The minimum absolute atomic E-state index is 0.0426. The van der Waals surface area contributed by atoms with Crippen molar-refractivity contribution in [3.05, 3.63) is 69.8 Å². The lowest BCUT2D eigenvalue weighted by Crippen LogP contribution is -2.23. The molecule has 24 heavy (non-hydrogen) atoms. The molecule has 0 amide bonds. The molecule has 0 unspecified atom stereocenters. The number of pyridine rings is 1. The Kier molecular flexibility index (Phi) is 5.22. The third-order valence-electron chi connectivity index (χ3n) is 3.25. The van der Waals surface area contributed by atoms with E-state index < -0.39 is 10.0 Å². The zero-order valence-electron chi connectivity index (χ0n) is 12.2. The van der Waals surface area contributed by atoms with Gasteiger partial charge in [-0.3, -0.25) is 4.98 Å². The Morgan fingerprint density at radius 1 is 1.12 bits per heavy atom. The topological polar surface area (TPSA) is 59.1 Å². The van der Waals surface area contributed by atoms with E-state index in [1.54, 1.807) is 23.7 Å². The highest BCUT2D eigenvalue weighted by molar-refractivity contribution is 7.89. The van der Waals surface area contributed by atoms with E-state index in [2.05, 4.69) is 9.71 Å². The van der Waals surface area contributed by atoms with E-state index in [4.69, 9.17) is 23.2 Å². The molecule has 0 atom stereocenters. The van der Waals surface area contributed by atoms with E-state index >= 15 is 0 Å². The highest BCUT2D eigenvalue weighted by atomic mass is 35.5. The van der Waals surface area contributed by atoms with Gasteiger partial charge in [0.05, 0.1) is 5.02 Å². The van der Waals surface area contributed by atoms with Gasteiger partial charge in [-0.05, 0) is 41.3 Å². The molecule has 2 heterocycles. The Bertz CT molecular complexity index is 958. The third kappa shape index (κ3) is 3.96. The fourth-order valence-electron chi connectivity index (χ4n) is 2.10. The van der Waals surface area contributed by atoms with Crippen molar-refractivity contribution >= 4 is 44.6 Å². The number of hydrogen-bond donors (Lipinski definition) is 1. The maximum Gasteiger partial charge on any atom is 0.242 e. The van der Waals surface area contributed by atoms with Crippen LogP contribution in [0.3, 0.4) is 0 Å². The van der Waals surface area contributed by atoms with E-state index in [0.717, 1.165) is 16.0 Å². The highest BCUT2D eigenvalue weighted by Crippen LogP contribution is 2.26. The van der Waals surface area contributed by atoms with Gasteiger partial charge in [0, 0.05) is 34.4 Å². The van der Waals surface area contributed by atoms with Crippen LogP contribution in [0.4, 0.5) is 0 Å². The second kappa shape index (κ2) is 7.21. The van der Waals surface area contributed by atoms with Gasteiger partial charge in [0.1, 0.15) is 4.90 Å². The lowest BCUT2D eigenvalue weighted by Gasteiger charge is -2.09. The van der Waals surface area contributed by atoms with Crippen LogP contribution in [0.5, 0.6) is 0 Å². The van der Waals surface area contributed by atoms with Crippen molar-refractivity contribution < 1.29 is 8.42 Å². The predicted octanol–water partition coefficient (Wildman–Crippen LogP) is 4.60. The Morgan fingerprint density at radius 2 is 1.96 bits per heavy atom. The van der Waals surface area contributed by atoms with E-state index in [1.807, 2.05) is 23.6 Å². The molecule has 0 aliphatic carbocycles. The lowest BCUT2D eigenvalue weighted by atomic mass is 10.2. The second-order valence-corrected chi connectivity index (χ2v) is 8.49. The van der Waals surface area contributed by atoms with Crippen LogP contribution in [0.15, 0.2) is 59.1 Å². The Balaban J connectivity index is 1.80. The second-order valence-electron chi connectivity index (χ2n) is 4.96. The summed E-state index contributed by atoms with van der Waals surface area (Å²) in [6.45, 7) is 0.109. The van der Waals surface area contributed by atoms with Gasteiger partial charge in [-0.15, -0.1) is 11.3 Å². The molecule has 124 valence electrons. The van der Waals surface area contributed by atoms with E-state index in [9.17, 15) is 8.42 Å². The number of thiophene rings is 1. The quantitative estimate of drug-likeness (QED) is 0.683. The van der Waals surface area contributed by atoms with E-state index in [-0.39, 0.29) is 16.5 Å². The fraction of sp³-hybridized carbons (Fsp3) is 0.0625. The molecule has 3 aromatic rings. The Labute approximate surface area is 154 Å². The van der Waals surface area contributed by atoms with Crippen LogP contribution in [-0.2, 0) is 16.6 Å². The Hall–Kier alpha value is -1.44. The van der Waals surface area contributed by atoms with Crippen molar-refractivity contribution in [3.63, 3.8) is 0 Å². The van der Waals surface area contributed by atoms with Crippen molar-refractivity contribution in [2.45, 2.75) is 11.4 Å². The van der Waals surface area contributed by atoms with Crippen molar-refractivity contribution in [1.82, 2.24) is 9.71 Å². The summed E-state index contributed by atoms with van der Waals surface area (Å²) < 4.78 is 27.4. The first-order valence-electron chi connectivity index (χ1n) is 6.88. The van der Waals surface area contributed by atoms with Crippen molar-refractivity contribution in [3.8, 4) is 10.4 Å². The summed E-state index contributed by atoms with van der Waals surface area (Å²) in [6, 6.07) is 10.2. The van der Waals surface area contributed by atoms with Gasteiger partial charge in [-0.2, -0.15) is 0 Å². The van der Waals surface area contributed by atoms with Gasteiger partial charge in [0.2, 0.25) is 10.0 Å². The number of nitrogens with zero attached hydrogens (tertiary/aromatic N) is 1. The molecule has 0 spiro atoms. The SMILES string of the molecule is O=S(=O)(NCc1cncc(-c2cccs2)c1)c1cc(Cl)ccc1Cl. The molecule has 1 aromatic carbocycles. The van der Waals surface area contributed by atoms with Gasteiger partial charge in [0.25, 0.3) is 0 Å². The average molecular weight is 399 g/mol. The molecular formula is C16H12Cl2N2O2S2. The summed E-state index contributed by atoms with van der Waals surface area (Å²) in [7, 11) is -3.77. The molecule has 0 saturated carbocycles. The van der Waals surface area contributed by atoms with Crippen molar-refractivity contribution in [2.75, 3.05) is 0 Å². The molecule has 0 aliphatic heterocycles. The van der Waals surface area contributed by atoms with E-state index in [1.165, 1.54) is 18.2 Å². The smallest absolute Gasteiger partial charge is 0.242 e. The number of rotatable bonds is 5.